The molecule has 0 aromatic rings. The van der Waals surface area contributed by atoms with Crippen LogP contribution in [0.4, 0.5) is 0 Å². The van der Waals surface area contributed by atoms with Gasteiger partial charge in [-0.2, -0.15) is 0 Å². The monoisotopic (exact) mass is 143 g/mol. The number of methoxy groups -OCH3 is 1. The summed E-state index contributed by atoms with van der Waals surface area (Å²) in [5.41, 5.74) is 0. The molecule has 0 saturated heterocycles. The molecule has 3 nitrogen and oxygen atoms in total. The van der Waals surface area contributed by atoms with Crippen molar-refractivity contribution >= 4 is 5.91 Å². The summed E-state index contributed by atoms with van der Waals surface area (Å²) in [6, 6.07) is 0. The maximum atomic E-state index is 10.8. The van der Waals surface area contributed by atoms with Gasteiger partial charge < -0.3 is 10.1 Å². The SMILES string of the molecule is C=CCC(OC)C(=O)NC. The van der Waals surface area contributed by atoms with E-state index in [2.05, 4.69) is 11.9 Å². The molecule has 0 rings (SSSR count). The van der Waals surface area contributed by atoms with E-state index in [1.54, 1.807) is 13.1 Å². The number of amides is 1. The Morgan fingerprint density at radius 1 is 1.90 bits per heavy atom. The Hall–Kier alpha value is -0.830. The average molecular weight is 143 g/mol. The Labute approximate surface area is 61.1 Å². The van der Waals surface area contributed by atoms with Crippen molar-refractivity contribution < 1.29 is 9.53 Å². The van der Waals surface area contributed by atoms with E-state index in [1.807, 2.05) is 0 Å². The molecule has 58 valence electrons. The molecule has 0 radical (unpaired) electrons. The zero-order valence-corrected chi connectivity index (χ0v) is 6.39. The van der Waals surface area contributed by atoms with E-state index >= 15 is 0 Å². The van der Waals surface area contributed by atoms with Crippen LogP contribution in [0.3, 0.4) is 0 Å². The maximum absolute atomic E-state index is 10.8. The van der Waals surface area contributed by atoms with E-state index in [-0.39, 0.29) is 12.0 Å². The summed E-state index contributed by atoms with van der Waals surface area (Å²) in [4.78, 5) is 10.8. The minimum atomic E-state index is -0.387. The van der Waals surface area contributed by atoms with E-state index < -0.39 is 0 Å². The Kier molecular flexibility index (Phi) is 4.58. The average Bonchev–Trinajstić information content (AvgIpc) is 1.99. The topological polar surface area (TPSA) is 38.3 Å². The van der Waals surface area contributed by atoms with Crippen molar-refractivity contribution in [3.63, 3.8) is 0 Å². The molecule has 0 spiro atoms. The molecule has 10 heavy (non-hydrogen) atoms. The summed E-state index contributed by atoms with van der Waals surface area (Å²) in [6.07, 6.45) is 1.82. The first-order chi connectivity index (χ1) is 4.76. The maximum Gasteiger partial charge on any atom is 0.249 e. The molecule has 0 fully saturated rings. The molecule has 1 unspecified atom stereocenters. The van der Waals surface area contributed by atoms with Crippen LogP contribution in [0.25, 0.3) is 0 Å². The molecule has 1 atom stereocenters. The lowest BCUT2D eigenvalue weighted by molar-refractivity contribution is -0.130. The standard InChI is InChI=1S/C7H13NO2/c1-4-5-6(10-3)7(9)8-2/h4,6H,1,5H2,2-3H3,(H,8,9). The highest BCUT2D eigenvalue weighted by atomic mass is 16.5. The summed E-state index contributed by atoms with van der Waals surface area (Å²) >= 11 is 0. The Morgan fingerprint density at radius 2 is 2.50 bits per heavy atom. The number of carbonyl (C=O) groups is 1. The number of nitrogens with one attached hydrogen (secondary N) is 1. The fourth-order valence-corrected chi connectivity index (χ4v) is 0.623. The largest absolute Gasteiger partial charge is 0.371 e. The summed E-state index contributed by atoms with van der Waals surface area (Å²) in [6.45, 7) is 3.51. The molecular formula is C7H13NO2. The zero-order chi connectivity index (χ0) is 7.98. The van der Waals surface area contributed by atoms with Crippen LogP contribution < -0.4 is 5.32 Å². The molecule has 0 saturated carbocycles. The summed E-state index contributed by atoms with van der Waals surface area (Å²) in [5, 5.41) is 2.49. The third kappa shape index (κ3) is 2.64. The van der Waals surface area contributed by atoms with Crippen LogP contribution in [0, 0.1) is 0 Å². The van der Waals surface area contributed by atoms with Gasteiger partial charge in [0.05, 0.1) is 0 Å². The van der Waals surface area contributed by atoms with Gasteiger partial charge in [-0.15, -0.1) is 6.58 Å². The van der Waals surface area contributed by atoms with E-state index in [4.69, 9.17) is 4.74 Å². The molecule has 0 aliphatic heterocycles. The van der Waals surface area contributed by atoms with Crippen molar-refractivity contribution in [1.82, 2.24) is 5.32 Å². The quantitative estimate of drug-likeness (QED) is 0.576. The van der Waals surface area contributed by atoms with Crippen LogP contribution in [-0.4, -0.2) is 26.2 Å². The predicted molar refractivity (Wildman–Crippen MR) is 39.7 cm³/mol. The van der Waals surface area contributed by atoms with E-state index in [9.17, 15) is 4.79 Å². The van der Waals surface area contributed by atoms with Crippen molar-refractivity contribution in [3.8, 4) is 0 Å². The van der Waals surface area contributed by atoms with Crippen LogP contribution in [0.1, 0.15) is 6.42 Å². The van der Waals surface area contributed by atoms with E-state index in [1.165, 1.54) is 7.11 Å². The molecule has 0 aromatic heterocycles. The second-order valence-corrected chi connectivity index (χ2v) is 1.86. The lowest BCUT2D eigenvalue weighted by Crippen LogP contribution is -2.32. The molecular weight excluding hydrogens is 130 g/mol. The highest BCUT2D eigenvalue weighted by molar-refractivity contribution is 5.80. The van der Waals surface area contributed by atoms with Gasteiger partial charge in [0.15, 0.2) is 0 Å². The van der Waals surface area contributed by atoms with E-state index in [0.29, 0.717) is 6.42 Å². The molecule has 3 heteroatoms. The minimum Gasteiger partial charge on any atom is -0.371 e. The number of hydrogen-bond donors (Lipinski definition) is 1. The Morgan fingerprint density at radius 3 is 2.80 bits per heavy atom. The van der Waals surface area contributed by atoms with Crippen molar-refractivity contribution in [2.24, 2.45) is 0 Å². The number of carbonyl (C=O) groups excluding carboxylic acids is 1. The predicted octanol–water partition coefficient (Wildman–Crippen LogP) is 0.323. The summed E-state index contributed by atoms with van der Waals surface area (Å²) in [7, 11) is 3.08. The number of hydrogen-bond acceptors (Lipinski definition) is 2. The third-order valence-corrected chi connectivity index (χ3v) is 1.20. The second kappa shape index (κ2) is 4.99. The third-order valence-electron chi connectivity index (χ3n) is 1.20. The Balaban J connectivity index is 3.79. The van der Waals surface area contributed by atoms with Gasteiger partial charge in [0.2, 0.25) is 5.91 Å². The molecule has 1 amide bonds. The summed E-state index contributed by atoms with van der Waals surface area (Å²) in [5.74, 6) is -0.109. The fourth-order valence-electron chi connectivity index (χ4n) is 0.623. The molecule has 0 aromatic carbocycles. The van der Waals surface area contributed by atoms with Gasteiger partial charge in [-0.05, 0) is 0 Å². The van der Waals surface area contributed by atoms with Crippen LogP contribution in [-0.2, 0) is 9.53 Å². The first kappa shape index (κ1) is 9.17. The highest BCUT2D eigenvalue weighted by Crippen LogP contribution is 1.96. The number of likely N-dealkylation sites (N-methyl/N-ethyl adjacent to an activating group) is 1. The molecule has 0 heterocycles. The van der Waals surface area contributed by atoms with Crippen LogP contribution in [0.5, 0.6) is 0 Å². The van der Waals surface area contributed by atoms with Gasteiger partial charge in [0.1, 0.15) is 6.10 Å². The molecule has 1 N–H and O–H groups in total. The van der Waals surface area contributed by atoms with Crippen molar-refractivity contribution in [1.29, 1.82) is 0 Å². The van der Waals surface area contributed by atoms with Crippen LogP contribution in [0.2, 0.25) is 0 Å². The van der Waals surface area contributed by atoms with Gasteiger partial charge >= 0.3 is 0 Å². The van der Waals surface area contributed by atoms with Crippen LogP contribution >= 0.6 is 0 Å². The lowest BCUT2D eigenvalue weighted by atomic mass is 10.2. The second-order valence-electron chi connectivity index (χ2n) is 1.86. The molecule has 0 aliphatic rings. The van der Waals surface area contributed by atoms with Crippen molar-refractivity contribution in [2.75, 3.05) is 14.2 Å². The van der Waals surface area contributed by atoms with Crippen molar-refractivity contribution in [3.05, 3.63) is 12.7 Å². The fraction of sp³-hybridized carbons (Fsp3) is 0.571. The van der Waals surface area contributed by atoms with Gasteiger partial charge in [-0.25, -0.2) is 0 Å². The number of rotatable bonds is 4. The zero-order valence-electron chi connectivity index (χ0n) is 6.39. The molecule has 0 aliphatic carbocycles. The molecule has 0 bridgehead atoms. The van der Waals surface area contributed by atoms with Gasteiger partial charge in [0, 0.05) is 20.6 Å². The van der Waals surface area contributed by atoms with Crippen LogP contribution in [0.15, 0.2) is 12.7 Å². The minimum absolute atomic E-state index is 0.109. The summed E-state index contributed by atoms with van der Waals surface area (Å²) < 4.78 is 4.86. The highest BCUT2D eigenvalue weighted by Gasteiger charge is 2.12. The van der Waals surface area contributed by atoms with Crippen molar-refractivity contribution in [2.45, 2.75) is 12.5 Å². The van der Waals surface area contributed by atoms with Gasteiger partial charge in [-0.1, -0.05) is 6.08 Å². The Bertz CT molecular complexity index is 123. The smallest absolute Gasteiger partial charge is 0.249 e. The first-order valence-corrected chi connectivity index (χ1v) is 3.11. The van der Waals surface area contributed by atoms with Gasteiger partial charge in [0.25, 0.3) is 0 Å². The normalized spacial score (nSPS) is 12.2. The number of ether oxygens (including phenoxy) is 1. The van der Waals surface area contributed by atoms with E-state index in [0.717, 1.165) is 0 Å². The lowest BCUT2D eigenvalue weighted by Gasteiger charge is -2.09. The van der Waals surface area contributed by atoms with Gasteiger partial charge in [-0.3, -0.25) is 4.79 Å². The first-order valence-electron chi connectivity index (χ1n) is 3.11.